The van der Waals surface area contributed by atoms with E-state index >= 15 is 0 Å². The quantitative estimate of drug-likeness (QED) is 0.135. The van der Waals surface area contributed by atoms with Crippen molar-refractivity contribution in [3.05, 3.63) is 54.6 Å². The highest BCUT2D eigenvalue weighted by atomic mass is 16.6. The summed E-state index contributed by atoms with van der Waals surface area (Å²) in [5.74, 6) is 0.319. The van der Waals surface area contributed by atoms with Crippen molar-refractivity contribution in [2.45, 2.75) is 99.2 Å². The molecule has 230 valence electrons. The summed E-state index contributed by atoms with van der Waals surface area (Å²) in [4.78, 5) is 40.8. The molecule has 2 saturated carbocycles. The number of hydrogen-bond donors (Lipinski definition) is 0. The molecule has 0 spiro atoms. The minimum atomic E-state index is -1.12. The fourth-order valence-corrected chi connectivity index (χ4v) is 7.59. The zero-order chi connectivity index (χ0) is 31.2. The maximum Gasteiger partial charge on any atom is 0.316 e. The Bertz CT molecular complexity index is 1530. The standard InChI is InChI=1S/C37H46O6/c1-23(2)41-32(38)35(3,4)21-37(7,34(40)43-31-19-24-12-13-27(31)18-24)22-36(5,6)33(39)42-28-16-17-30-26(20-28)15-14-25-10-8-9-11-29(25)30/h8-11,14-17,20,23-24,27,31H,12-13,18-19,21-22H2,1-7H3. The minimum Gasteiger partial charge on any atom is -0.463 e. The van der Waals surface area contributed by atoms with Crippen LogP contribution >= 0.6 is 0 Å². The van der Waals surface area contributed by atoms with Crippen molar-refractivity contribution in [1.29, 1.82) is 0 Å². The van der Waals surface area contributed by atoms with Gasteiger partial charge in [0.15, 0.2) is 0 Å². The Kier molecular flexibility index (Phi) is 8.36. The van der Waals surface area contributed by atoms with Crippen molar-refractivity contribution in [1.82, 2.24) is 0 Å². The van der Waals surface area contributed by atoms with Crippen molar-refractivity contribution in [2.75, 3.05) is 0 Å². The molecule has 4 unspecified atom stereocenters. The van der Waals surface area contributed by atoms with Gasteiger partial charge in [-0.05, 0) is 133 Å². The zero-order valence-corrected chi connectivity index (χ0v) is 26.7. The van der Waals surface area contributed by atoms with Gasteiger partial charge in [0.25, 0.3) is 0 Å². The van der Waals surface area contributed by atoms with Crippen LogP contribution in [0.1, 0.15) is 87.0 Å². The second-order valence-corrected chi connectivity index (χ2v) is 14.8. The third-order valence-corrected chi connectivity index (χ3v) is 9.46. The van der Waals surface area contributed by atoms with Gasteiger partial charge < -0.3 is 14.2 Å². The lowest BCUT2D eigenvalue weighted by atomic mass is 9.66. The molecule has 4 atom stereocenters. The highest BCUT2D eigenvalue weighted by molar-refractivity contribution is 6.07. The van der Waals surface area contributed by atoms with E-state index in [-0.39, 0.29) is 37.0 Å². The molecule has 5 rings (SSSR count). The third kappa shape index (κ3) is 6.58. The molecule has 3 aromatic rings. The van der Waals surface area contributed by atoms with Gasteiger partial charge in [-0.1, -0.05) is 42.5 Å². The van der Waals surface area contributed by atoms with Gasteiger partial charge in [-0.25, -0.2) is 0 Å². The molecule has 0 aromatic heterocycles. The first-order valence-corrected chi connectivity index (χ1v) is 15.7. The molecule has 2 fully saturated rings. The van der Waals surface area contributed by atoms with E-state index in [1.165, 1.54) is 6.42 Å². The number of carbonyl (C=O) groups is 3. The average molecular weight is 587 g/mol. The van der Waals surface area contributed by atoms with E-state index in [9.17, 15) is 14.4 Å². The molecule has 3 aromatic carbocycles. The van der Waals surface area contributed by atoms with E-state index in [2.05, 4.69) is 18.2 Å². The van der Waals surface area contributed by atoms with Crippen LogP contribution in [0.25, 0.3) is 21.5 Å². The van der Waals surface area contributed by atoms with E-state index in [4.69, 9.17) is 14.2 Å². The number of hydrogen-bond acceptors (Lipinski definition) is 6. The second-order valence-electron chi connectivity index (χ2n) is 14.8. The Morgan fingerprint density at radius 2 is 1.42 bits per heavy atom. The summed E-state index contributed by atoms with van der Waals surface area (Å²) in [5, 5.41) is 4.36. The molecule has 0 saturated heterocycles. The first-order valence-electron chi connectivity index (χ1n) is 15.7. The molecule has 6 heteroatoms. The van der Waals surface area contributed by atoms with E-state index in [1.807, 2.05) is 57.2 Å². The molecule has 0 heterocycles. The van der Waals surface area contributed by atoms with E-state index < -0.39 is 22.2 Å². The average Bonchev–Trinajstić information content (AvgIpc) is 3.55. The van der Waals surface area contributed by atoms with Crippen LogP contribution in [0.4, 0.5) is 0 Å². The van der Waals surface area contributed by atoms with Gasteiger partial charge in [-0.2, -0.15) is 0 Å². The van der Waals surface area contributed by atoms with Crippen LogP contribution in [0.15, 0.2) is 54.6 Å². The van der Waals surface area contributed by atoms with Gasteiger partial charge >= 0.3 is 17.9 Å². The van der Waals surface area contributed by atoms with Gasteiger partial charge in [0.1, 0.15) is 11.9 Å². The minimum absolute atomic E-state index is 0.0972. The topological polar surface area (TPSA) is 78.9 Å². The van der Waals surface area contributed by atoms with Crippen molar-refractivity contribution in [3.8, 4) is 5.75 Å². The Morgan fingerprint density at radius 1 is 0.767 bits per heavy atom. The molecule has 2 aliphatic rings. The van der Waals surface area contributed by atoms with E-state index in [0.29, 0.717) is 17.6 Å². The van der Waals surface area contributed by atoms with Gasteiger partial charge in [0, 0.05) is 0 Å². The predicted molar refractivity (Wildman–Crippen MR) is 169 cm³/mol. The van der Waals surface area contributed by atoms with E-state index in [1.54, 1.807) is 27.7 Å². The number of fused-ring (bicyclic) bond motifs is 5. The lowest BCUT2D eigenvalue weighted by Crippen LogP contribution is -2.45. The monoisotopic (exact) mass is 586 g/mol. The maximum absolute atomic E-state index is 14.0. The lowest BCUT2D eigenvalue weighted by Gasteiger charge is -2.39. The summed E-state index contributed by atoms with van der Waals surface area (Å²) in [6.45, 7) is 12.6. The van der Waals surface area contributed by atoms with Crippen LogP contribution in [0.5, 0.6) is 5.75 Å². The fourth-order valence-electron chi connectivity index (χ4n) is 7.59. The smallest absolute Gasteiger partial charge is 0.316 e. The van der Waals surface area contributed by atoms with Crippen molar-refractivity contribution in [3.63, 3.8) is 0 Å². The SMILES string of the molecule is CC(C)OC(=O)C(C)(C)CC(C)(CC(C)(C)C(=O)Oc1ccc2c(ccc3ccccc32)c1)C(=O)OC1CC2CCC1C2. The second kappa shape index (κ2) is 11.6. The zero-order valence-electron chi connectivity index (χ0n) is 26.7. The van der Waals surface area contributed by atoms with Crippen molar-refractivity contribution in [2.24, 2.45) is 28.1 Å². The molecule has 0 radical (unpaired) electrons. The Balaban J connectivity index is 1.37. The van der Waals surface area contributed by atoms with Crippen LogP contribution in [0, 0.1) is 28.1 Å². The number of benzene rings is 3. The van der Waals surface area contributed by atoms with Crippen LogP contribution in [-0.2, 0) is 23.9 Å². The van der Waals surface area contributed by atoms with Crippen LogP contribution in [0.3, 0.4) is 0 Å². The molecular weight excluding hydrogens is 540 g/mol. The van der Waals surface area contributed by atoms with Crippen molar-refractivity contribution < 1.29 is 28.6 Å². The maximum atomic E-state index is 14.0. The summed E-state index contributed by atoms with van der Waals surface area (Å²) in [6.07, 6.45) is 4.28. The van der Waals surface area contributed by atoms with Gasteiger partial charge in [-0.3, -0.25) is 14.4 Å². The number of esters is 3. The van der Waals surface area contributed by atoms with Gasteiger partial charge in [-0.15, -0.1) is 0 Å². The van der Waals surface area contributed by atoms with Crippen LogP contribution in [0.2, 0.25) is 0 Å². The number of carbonyl (C=O) groups excluding carboxylic acids is 3. The third-order valence-electron chi connectivity index (χ3n) is 9.46. The van der Waals surface area contributed by atoms with Crippen LogP contribution < -0.4 is 4.74 Å². The molecule has 0 N–H and O–H groups in total. The lowest BCUT2D eigenvalue weighted by molar-refractivity contribution is -0.172. The first-order chi connectivity index (χ1) is 20.2. The molecule has 0 amide bonds. The Morgan fingerprint density at radius 3 is 2.07 bits per heavy atom. The number of rotatable bonds is 10. The Labute approximate surface area is 255 Å². The highest BCUT2D eigenvalue weighted by Crippen LogP contribution is 2.49. The summed E-state index contributed by atoms with van der Waals surface area (Å²) in [7, 11) is 0. The largest absolute Gasteiger partial charge is 0.463 e. The Hall–Kier alpha value is -3.41. The molecule has 6 nitrogen and oxygen atoms in total. The normalized spacial score (nSPS) is 21.6. The first kappa shape index (κ1) is 31.0. The predicted octanol–water partition coefficient (Wildman–Crippen LogP) is 8.42. The summed E-state index contributed by atoms with van der Waals surface area (Å²) in [5.41, 5.74) is -3.13. The van der Waals surface area contributed by atoms with Crippen LogP contribution in [-0.4, -0.2) is 30.1 Å². The highest BCUT2D eigenvalue weighted by Gasteiger charge is 2.51. The molecule has 43 heavy (non-hydrogen) atoms. The molecule has 2 bridgehead atoms. The molecule has 2 aliphatic carbocycles. The van der Waals surface area contributed by atoms with E-state index in [0.717, 1.165) is 40.8 Å². The summed E-state index contributed by atoms with van der Waals surface area (Å²) >= 11 is 0. The summed E-state index contributed by atoms with van der Waals surface area (Å²) < 4.78 is 17.7. The molecular formula is C37H46O6. The number of ether oxygens (including phenoxy) is 3. The fraction of sp³-hybridized carbons (Fsp3) is 0.541. The van der Waals surface area contributed by atoms with Crippen molar-refractivity contribution >= 4 is 39.5 Å². The van der Waals surface area contributed by atoms with Gasteiger partial charge in [0.05, 0.1) is 22.3 Å². The molecule has 0 aliphatic heterocycles. The summed E-state index contributed by atoms with van der Waals surface area (Å²) in [6, 6.07) is 18.0. The van der Waals surface area contributed by atoms with Gasteiger partial charge in [0.2, 0.25) is 0 Å².